The standard InChI is InChI=1S/C23H23N3O2/c27-23(20-11-12-22(24-17-20)25-13-15-28-16-14-25)26(21-9-5-2-6-10-21)18-19-7-3-1-4-8-19/h1-12,17H,13-16,18H2. The third-order valence-electron chi connectivity index (χ3n) is 4.83. The number of nitrogens with zero attached hydrogens (tertiary/aromatic N) is 3. The number of aromatic nitrogens is 1. The van der Waals surface area contributed by atoms with Gasteiger partial charge in [0.05, 0.1) is 25.3 Å². The van der Waals surface area contributed by atoms with Gasteiger partial charge >= 0.3 is 0 Å². The molecule has 0 spiro atoms. The molecule has 28 heavy (non-hydrogen) atoms. The average molecular weight is 373 g/mol. The Morgan fingerprint density at radius 2 is 1.61 bits per heavy atom. The maximum absolute atomic E-state index is 13.3. The van der Waals surface area contributed by atoms with E-state index in [0.29, 0.717) is 25.3 Å². The van der Waals surface area contributed by atoms with Gasteiger partial charge in [-0.15, -0.1) is 0 Å². The SMILES string of the molecule is O=C(c1ccc(N2CCOCC2)nc1)N(Cc1ccccc1)c1ccccc1. The van der Waals surface area contributed by atoms with Crippen LogP contribution in [-0.2, 0) is 11.3 Å². The van der Waals surface area contributed by atoms with Crippen LogP contribution >= 0.6 is 0 Å². The number of rotatable bonds is 5. The van der Waals surface area contributed by atoms with Gasteiger partial charge in [-0.1, -0.05) is 48.5 Å². The summed E-state index contributed by atoms with van der Waals surface area (Å²) in [5.74, 6) is 0.824. The second-order valence-corrected chi connectivity index (χ2v) is 6.72. The number of morpholine rings is 1. The van der Waals surface area contributed by atoms with Crippen LogP contribution in [0.5, 0.6) is 0 Å². The third-order valence-corrected chi connectivity index (χ3v) is 4.83. The van der Waals surface area contributed by atoms with Crippen molar-refractivity contribution in [1.82, 2.24) is 4.98 Å². The molecule has 5 nitrogen and oxygen atoms in total. The summed E-state index contributed by atoms with van der Waals surface area (Å²) in [5, 5.41) is 0. The Balaban J connectivity index is 1.58. The lowest BCUT2D eigenvalue weighted by Gasteiger charge is -2.28. The molecule has 142 valence electrons. The maximum atomic E-state index is 13.3. The number of carbonyl (C=O) groups excluding carboxylic acids is 1. The second kappa shape index (κ2) is 8.67. The maximum Gasteiger partial charge on any atom is 0.260 e. The van der Waals surface area contributed by atoms with Crippen LogP contribution in [0.4, 0.5) is 11.5 Å². The number of pyridine rings is 1. The highest BCUT2D eigenvalue weighted by molar-refractivity contribution is 6.05. The van der Waals surface area contributed by atoms with Crippen LogP contribution in [0.15, 0.2) is 79.0 Å². The van der Waals surface area contributed by atoms with Crippen molar-refractivity contribution in [2.45, 2.75) is 6.54 Å². The van der Waals surface area contributed by atoms with Crippen LogP contribution < -0.4 is 9.80 Å². The number of carbonyl (C=O) groups is 1. The van der Waals surface area contributed by atoms with E-state index in [0.717, 1.165) is 30.2 Å². The fraction of sp³-hybridized carbons (Fsp3) is 0.217. The Labute approximate surface area is 165 Å². The molecule has 1 aromatic heterocycles. The largest absolute Gasteiger partial charge is 0.378 e. The second-order valence-electron chi connectivity index (χ2n) is 6.72. The highest BCUT2D eigenvalue weighted by Crippen LogP contribution is 2.21. The zero-order chi connectivity index (χ0) is 19.2. The van der Waals surface area contributed by atoms with E-state index in [9.17, 15) is 4.79 Å². The molecule has 1 saturated heterocycles. The quantitative estimate of drug-likeness (QED) is 0.683. The molecule has 2 aromatic carbocycles. The molecule has 2 heterocycles. The number of benzene rings is 2. The van der Waals surface area contributed by atoms with Gasteiger partial charge < -0.3 is 14.5 Å². The van der Waals surface area contributed by atoms with Crippen molar-refractivity contribution in [3.8, 4) is 0 Å². The fourth-order valence-corrected chi connectivity index (χ4v) is 3.30. The highest BCUT2D eigenvalue weighted by Gasteiger charge is 2.19. The van der Waals surface area contributed by atoms with Gasteiger partial charge in [0, 0.05) is 25.0 Å². The monoisotopic (exact) mass is 373 g/mol. The predicted molar refractivity (Wildman–Crippen MR) is 111 cm³/mol. The van der Waals surface area contributed by atoms with E-state index in [1.807, 2.05) is 72.8 Å². The van der Waals surface area contributed by atoms with Crippen molar-refractivity contribution >= 4 is 17.4 Å². The van der Waals surface area contributed by atoms with Crippen LogP contribution in [0.1, 0.15) is 15.9 Å². The summed E-state index contributed by atoms with van der Waals surface area (Å²) in [6.07, 6.45) is 1.67. The number of hydrogen-bond acceptors (Lipinski definition) is 4. The Hall–Kier alpha value is -3.18. The molecule has 1 fully saturated rings. The summed E-state index contributed by atoms with van der Waals surface area (Å²) < 4.78 is 5.39. The average Bonchev–Trinajstić information content (AvgIpc) is 2.79. The van der Waals surface area contributed by atoms with Crippen LogP contribution in [0.3, 0.4) is 0 Å². The molecule has 1 aliphatic rings. The summed E-state index contributed by atoms with van der Waals surface area (Å²) in [6, 6.07) is 23.5. The zero-order valence-corrected chi connectivity index (χ0v) is 15.7. The molecule has 0 atom stereocenters. The molecular formula is C23H23N3O2. The van der Waals surface area contributed by atoms with Gasteiger partial charge in [-0.2, -0.15) is 0 Å². The first-order chi connectivity index (χ1) is 13.8. The first-order valence-corrected chi connectivity index (χ1v) is 9.51. The van der Waals surface area contributed by atoms with Crippen molar-refractivity contribution < 1.29 is 9.53 Å². The Bertz CT molecular complexity index is 892. The van der Waals surface area contributed by atoms with E-state index < -0.39 is 0 Å². The summed E-state index contributed by atoms with van der Waals surface area (Å²) in [5.41, 5.74) is 2.53. The van der Waals surface area contributed by atoms with Gasteiger partial charge in [0.1, 0.15) is 5.82 Å². The summed E-state index contributed by atoms with van der Waals surface area (Å²) in [7, 11) is 0. The van der Waals surface area contributed by atoms with E-state index in [-0.39, 0.29) is 5.91 Å². The molecule has 1 aliphatic heterocycles. The number of para-hydroxylation sites is 1. The highest BCUT2D eigenvalue weighted by atomic mass is 16.5. The normalized spacial score (nSPS) is 13.9. The molecule has 5 heteroatoms. The lowest BCUT2D eigenvalue weighted by Crippen LogP contribution is -2.36. The molecular weight excluding hydrogens is 350 g/mol. The lowest BCUT2D eigenvalue weighted by atomic mass is 10.1. The Kier molecular flexibility index (Phi) is 5.64. The summed E-state index contributed by atoms with van der Waals surface area (Å²) >= 11 is 0. The van der Waals surface area contributed by atoms with Gasteiger partial charge in [-0.05, 0) is 29.8 Å². The van der Waals surface area contributed by atoms with E-state index in [1.165, 1.54) is 0 Å². The van der Waals surface area contributed by atoms with E-state index in [1.54, 1.807) is 11.1 Å². The van der Waals surface area contributed by atoms with Gasteiger partial charge in [0.2, 0.25) is 0 Å². The van der Waals surface area contributed by atoms with Crippen LogP contribution in [0.25, 0.3) is 0 Å². The van der Waals surface area contributed by atoms with Crippen molar-refractivity contribution in [2.75, 3.05) is 36.1 Å². The minimum Gasteiger partial charge on any atom is -0.378 e. The van der Waals surface area contributed by atoms with Gasteiger partial charge in [0.25, 0.3) is 5.91 Å². The van der Waals surface area contributed by atoms with Crippen LogP contribution in [-0.4, -0.2) is 37.2 Å². The molecule has 0 aliphatic carbocycles. The zero-order valence-electron chi connectivity index (χ0n) is 15.7. The molecule has 1 amide bonds. The number of ether oxygens (including phenoxy) is 1. The first kappa shape index (κ1) is 18.2. The van der Waals surface area contributed by atoms with Crippen molar-refractivity contribution in [1.29, 1.82) is 0 Å². The minimum absolute atomic E-state index is 0.0592. The fourth-order valence-electron chi connectivity index (χ4n) is 3.30. The van der Waals surface area contributed by atoms with Crippen molar-refractivity contribution in [3.05, 3.63) is 90.1 Å². The van der Waals surface area contributed by atoms with Crippen molar-refractivity contribution in [2.24, 2.45) is 0 Å². The van der Waals surface area contributed by atoms with Gasteiger partial charge in [0.15, 0.2) is 0 Å². The predicted octanol–water partition coefficient (Wildman–Crippen LogP) is 3.77. The topological polar surface area (TPSA) is 45.7 Å². The van der Waals surface area contributed by atoms with Gasteiger partial charge in [-0.25, -0.2) is 4.98 Å². The Morgan fingerprint density at radius 3 is 2.25 bits per heavy atom. The smallest absolute Gasteiger partial charge is 0.260 e. The van der Waals surface area contributed by atoms with Gasteiger partial charge in [-0.3, -0.25) is 4.79 Å². The van der Waals surface area contributed by atoms with E-state index in [4.69, 9.17) is 4.74 Å². The van der Waals surface area contributed by atoms with Crippen molar-refractivity contribution in [3.63, 3.8) is 0 Å². The molecule has 4 rings (SSSR count). The minimum atomic E-state index is -0.0592. The van der Waals surface area contributed by atoms with E-state index in [2.05, 4.69) is 9.88 Å². The lowest BCUT2D eigenvalue weighted by molar-refractivity contribution is 0.0984. The van der Waals surface area contributed by atoms with Crippen LogP contribution in [0, 0.1) is 0 Å². The molecule has 0 radical (unpaired) electrons. The summed E-state index contributed by atoms with van der Waals surface area (Å²) in [4.78, 5) is 21.8. The third kappa shape index (κ3) is 4.21. The molecule has 0 unspecified atom stereocenters. The van der Waals surface area contributed by atoms with Crippen LogP contribution in [0.2, 0.25) is 0 Å². The number of hydrogen-bond donors (Lipinski definition) is 0. The molecule has 0 N–H and O–H groups in total. The number of amides is 1. The molecule has 0 bridgehead atoms. The Morgan fingerprint density at radius 1 is 0.929 bits per heavy atom. The summed E-state index contributed by atoms with van der Waals surface area (Å²) in [6.45, 7) is 3.58. The van der Waals surface area contributed by atoms with E-state index >= 15 is 0 Å². The molecule has 0 saturated carbocycles. The first-order valence-electron chi connectivity index (χ1n) is 9.51. The molecule has 3 aromatic rings. The number of anilines is 2.